The van der Waals surface area contributed by atoms with Crippen LogP contribution in [0.25, 0.3) is 0 Å². The van der Waals surface area contributed by atoms with Crippen molar-refractivity contribution in [1.82, 2.24) is 4.31 Å². The van der Waals surface area contributed by atoms with Gasteiger partial charge in [0.15, 0.2) is 5.76 Å². The number of fused-ring (bicyclic) bond motifs is 1. The highest BCUT2D eigenvalue weighted by molar-refractivity contribution is 7.88. The van der Waals surface area contributed by atoms with Crippen molar-refractivity contribution in [3.05, 3.63) is 47.7 Å². The van der Waals surface area contributed by atoms with Crippen LogP contribution in [0.3, 0.4) is 0 Å². The molecular weight excluding hydrogens is 316 g/mol. The van der Waals surface area contributed by atoms with Gasteiger partial charge in [-0.2, -0.15) is 0 Å². The zero-order valence-electron chi connectivity index (χ0n) is 13.2. The summed E-state index contributed by atoms with van der Waals surface area (Å²) in [6, 6.07) is 10.4. The lowest BCUT2D eigenvalue weighted by Gasteiger charge is -2.21. The van der Waals surface area contributed by atoms with Gasteiger partial charge in [0.25, 0.3) is 15.9 Å². The number of benzene rings is 1. The molecule has 0 radical (unpaired) electrons. The molecule has 3 rings (SSSR count). The highest BCUT2D eigenvalue weighted by Crippen LogP contribution is 2.33. The number of rotatable bonds is 3. The molecule has 0 fully saturated rings. The number of carbonyl (C=O) groups excluding carboxylic acids is 1. The zero-order valence-corrected chi connectivity index (χ0v) is 14.0. The van der Waals surface area contributed by atoms with E-state index in [1.54, 1.807) is 4.90 Å². The average molecular weight is 334 g/mol. The van der Waals surface area contributed by atoms with Gasteiger partial charge >= 0.3 is 0 Å². The largest absolute Gasteiger partial charge is 0.438 e. The molecular formula is C16H18N2O4S. The second-order valence-electron chi connectivity index (χ2n) is 5.76. The van der Waals surface area contributed by atoms with Crippen molar-refractivity contribution in [3.8, 4) is 0 Å². The summed E-state index contributed by atoms with van der Waals surface area (Å²) in [5, 5.41) is -0.231. The second kappa shape index (κ2) is 5.50. The van der Waals surface area contributed by atoms with Crippen molar-refractivity contribution in [3.63, 3.8) is 0 Å². The Kier molecular flexibility index (Phi) is 3.77. The number of amides is 1. The topological polar surface area (TPSA) is 70.8 Å². The Morgan fingerprint density at radius 2 is 1.91 bits per heavy atom. The second-order valence-corrected chi connectivity index (χ2v) is 7.85. The van der Waals surface area contributed by atoms with Crippen LogP contribution >= 0.6 is 0 Å². The number of hydrogen-bond acceptors (Lipinski definition) is 4. The lowest BCUT2D eigenvalue weighted by Crippen LogP contribution is -2.35. The Hall–Kier alpha value is -2.12. The lowest BCUT2D eigenvalue weighted by atomic mass is 10.1. The highest BCUT2D eigenvalue weighted by Gasteiger charge is 2.33. The summed E-state index contributed by atoms with van der Waals surface area (Å²) >= 11 is 0. The predicted molar refractivity (Wildman–Crippen MR) is 86.0 cm³/mol. The number of hydrogen-bond donors (Lipinski definition) is 0. The highest BCUT2D eigenvalue weighted by atomic mass is 32.2. The molecule has 122 valence electrons. The van der Waals surface area contributed by atoms with Gasteiger partial charge in [-0.05, 0) is 37.1 Å². The molecule has 1 aliphatic heterocycles. The molecule has 2 heterocycles. The summed E-state index contributed by atoms with van der Waals surface area (Å²) in [6.45, 7) is 1.96. The summed E-state index contributed by atoms with van der Waals surface area (Å²) in [6.07, 6.45) is 0.769. The fraction of sp³-hybridized carbons (Fsp3) is 0.312. The fourth-order valence-electron chi connectivity index (χ4n) is 2.75. The van der Waals surface area contributed by atoms with Crippen LogP contribution in [0.5, 0.6) is 0 Å². The molecule has 1 aliphatic rings. The van der Waals surface area contributed by atoms with E-state index in [1.807, 2.05) is 31.2 Å². The molecule has 23 heavy (non-hydrogen) atoms. The minimum atomic E-state index is -3.69. The molecule has 0 bridgehead atoms. The lowest BCUT2D eigenvalue weighted by molar-refractivity contribution is 0.0949. The fourth-order valence-corrected chi connectivity index (χ4v) is 3.54. The standard InChI is InChI=1S/C16H18N2O4S/c1-11-10-12-6-4-5-7-13(12)18(11)16(19)14-8-9-15(22-14)23(20,21)17(2)3/h4-9,11H,10H2,1-3H3. The van der Waals surface area contributed by atoms with E-state index in [-0.39, 0.29) is 22.8 Å². The van der Waals surface area contributed by atoms with Gasteiger partial charge in [0.2, 0.25) is 5.09 Å². The quantitative estimate of drug-likeness (QED) is 0.862. The van der Waals surface area contributed by atoms with Crippen molar-refractivity contribution >= 4 is 21.6 Å². The molecule has 1 unspecified atom stereocenters. The van der Waals surface area contributed by atoms with E-state index < -0.39 is 10.0 Å². The van der Waals surface area contributed by atoms with Gasteiger partial charge in [0, 0.05) is 25.8 Å². The number of carbonyl (C=O) groups is 1. The number of nitrogens with zero attached hydrogens (tertiary/aromatic N) is 2. The van der Waals surface area contributed by atoms with Gasteiger partial charge in [-0.15, -0.1) is 0 Å². The van der Waals surface area contributed by atoms with Crippen molar-refractivity contribution in [2.45, 2.75) is 24.5 Å². The minimum Gasteiger partial charge on any atom is -0.438 e. The van der Waals surface area contributed by atoms with E-state index in [1.165, 1.54) is 26.2 Å². The monoisotopic (exact) mass is 334 g/mol. The Bertz CT molecular complexity index is 854. The molecule has 0 spiro atoms. The smallest absolute Gasteiger partial charge is 0.294 e. The molecule has 7 heteroatoms. The van der Waals surface area contributed by atoms with Gasteiger partial charge in [-0.3, -0.25) is 4.79 Å². The van der Waals surface area contributed by atoms with E-state index >= 15 is 0 Å². The SMILES string of the molecule is CC1Cc2ccccc2N1C(=O)c1ccc(S(=O)(=O)N(C)C)o1. The third-order valence-corrected chi connectivity index (χ3v) is 5.64. The molecule has 2 aromatic rings. The van der Waals surface area contributed by atoms with Crippen LogP contribution in [-0.4, -0.2) is 38.8 Å². The molecule has 1 aromatic heterocycles. The van der Waals surface area contributed by atoms with E-state index in [4.69, 9.17) is 4.42 Å². The first kappa shape index (κ1) is 15.8. The normalized spacial score (nSPS) is 17.6. The first-order valence-electron chi connectivity index (χ1n) is 7.26. The summed E-state index contributed by atoms with van der Waals surface area (Å²) in [7, 11) is -0.862. The Morgan fingerprint density at radius 3 is 2.61 bits per heavy atom. The van der Waals surface area contributed by atoms with Crippen LogP contribution < -0.4 is 4.90 Å². The van der Waals surface area contributed by atoms with Crippen LogP contribution in [0.4, 0.5) is 5.69 Å². The van der Waals surface area contributed by atoms with Crippen molar-refractivity contribution in [1.29, 1.82) is 0 Å². The molecule has 0 N–H and O–H groups in total. The molecule has 0 aliphatic carbocycles. The maximum Gasteiger partial charge on any atom is 0.294 e. The minimum absolute atomic E-state index is 0.00101. The predicted octanol–water partition coefficient (Wildman–Crippen LogP) is 2.12. The number of furan rings is 1. The maximum atomic E-state index is 12.8. The summed E-state index contributed by atoms with van der Waals surface area (Å²) in [5.74, 6) is -0.309. The van der Waals surface area contributed by atoms with Gasteiger partial charge in [-0.1, -0.05) is 18.2 Å². The summed E-state index contributed by atoms with van der Waals surface area (Å²) in [4.78, 5) is 14.4. The van der Waals surface area contributed by atoms with E-state index in [2.05, 4.69) is 0 Å². The van der Waals surface area contributed by atoms with E-state index in [0.717, 1.165) is 22.0 Å². The van der Waals surface area contributed by atoms with Gasteiger partial charge in [0.05, 0.1) is 0 Å². The van der Waals surface area contributed by atoms with E-state index in [9.17, 15) is 13.2 Å². The van der Waals surface area contributed by atoms with Gasteiger partial charge in [0.1, 0.15) is 0 Å². The van der Waals surface area contributed by atoms with Crippen molar-refractivity contribution < 1.29 is 17.6 Å². The third kappa shape index (κ3) is 2.55. The molecule has 0 saturated carbocycles. The Morgan fingerprint density at radius 1 is 1.22 bits per heavy atom. The summed E-state index contributed by atoms with van der Waals surface area (Å²) < 4.78 is 30.5. The Labute approximate surface area is 135 Å². The van der Waals surface area contributed by atoms with Crippen molar-refractivity contribution in [2.24, 2.45) is 0 Å². The van der Waals surface area contributed by atoms with Crippen LogP contribution in [0.1, 0.15) is 23.0 Å². The molecule has 1 aromatic carbocycles. The van der Waals surface area contributed by atoms with Gasteiger partial charge < -0.3 is 9.32 Å². The number of anilines is 1. The zero-order chi connectivity index (χ0) is 16.8. The first-order chi connectivity index (χ1) is 10.8. The molecule has 1 amide bonds. The van der Waals surface area contributed by atoms with E-state index in [0.29, 0.717) is 0 Å². The van der Waals surface area contributed by atoms with Crippen LogP contribution in [0, 0.1) is 0 Å². The van der Waals surface area contributed by atoms with Crippen molar-refractivity contribution in [2.75, 3.05) is 19.0 Å². The van der Waals surface area contributed by atoms with Crippen LogP contribution in [0.15, 0.2) is 45.9 Å². The third-order valence-electron chi connectivity index (χ3n) is 3.95. The first-order valence-corrected chi connectivity index (χ1v) is 8.70. The average Bonchev–Trinajstić information content (AvgIpc) is 3.10. The number of para-hydroxylation sites is 1. The van der Waals surface area contributed by atoms with Crippen LogP contribution in [0.2, 0.25) is 0 Å². The van der Waals surface area contributed by atoms with Gasteiger partial charge in [-0.25, -0.2) is 12.7 Å². The summed E-state index contributed by atoms with van der Waals surface area (Å²) in [5.41, 5.74) is 1.94. The maximum absolute atomic E-state index is 12.8. The molecule has 6 nitrogen and oxygen atoms in total. The molecule has 0 saturated heterocycles. The number of sulfonamides is 1. The molecule has 1 atom stereocenters. The van der Waals surface area contributed by atoms with Crippen LogP contribution in [-0.2, 0) is 16.4 Å². The Balaban J connectivity index is 1.95.